The Balaban J connectivity index is 0.847. The van der Waals surface area contributed by atoms with Crippen LogP contribution in [0.1, 0.15) is 190 Å². The molecule has 0 spiro atoms. The molecule has 422 valence electrons. The molecule has 0 atom stereocenters. The van der Waals surface area contributed by atoms with Crippen LogP contribution in [-0.4, -0.2) is 0 Å². The summed E-state index contributed by atoms with van der Waals surface area (Å²) in [7, 11) is 0. The molecular weight excluding hydrogens is 1130 g/mol. The molecular formula is C73H82S8. The van der Waals surface area contributed by atoms with Crippen molar-refractivity contribution in [2.45, 2.75) is 187 Å². The van der Waals surface area contributed by atoms with Gasteiger partial charge in [0.15, 0.2) is 0 Å². The third-order valence-electron chi connectivity index (χ3n) is 16.8. The fraction of sp³-hybridized carbons (Fsp3) is 0.397. The van der Waals surface area contributed by atoms with E-state index in [0.717, 1.165) is 0 Å². The van der Waals surface area contributed by atoms with E-state index in [1.54, 1.807) is 11.1 Å². The zero-order chi connectivity index (χ0) is 55.4. The van der Waals surface area contributed by atoms with E-state index in [1.807, 2.05) is 90.7 Å². The predicted octanol–water partition coefficient (Wildman–Crippen LogP) is 27.5. The van der Waals surface area contributed by atoms with E-state index >= 15 is 0 Å². The monoisotopic (exact) mass is 1210 g/mol. The highest BCUT2D eigenvalue weighted by atomic mass is 32.1. The van der Waals surface area contributed by atoms with Gasteiger partial charge in [0.1, 0.15) is 0 Å². The molecule has 8 heterocycles. The highest BCUT2D eigenvalue weighted by Crippen LogP contribution is 2.57. The van der Waals surface area contributed by atoms with Crippen LogP contribution in [-0.2, 0) is 18.3 Å². The molecule has 8 aromatic heterocycles. The number of hydrogen-bond acceptors (Lipinski definition) is 8. The van der Waals surface area contributed by atoms with Crippen molar-refractivity contribution in [3.05, 3.63) is 154 Å². The number of thiophene rings is 8. The summed E-state index contributed by atoms with van der Waals surface area (Å²) in [6.07, 6.45) is 31.3. The van der Waals surface area contributed by atoms with Crippen LogP contribution in [0.2, 0.25) is 0 Å². The fourth-order valence-electron chi connectivity index (χ4n) is 12.3. The highest BCUT2D eigenvalue weighted by Gasteiger charge is 2.43. The summed E-state index contributed by atoms with van der Waals surface area (Å²) in [6, 6.07) is 53.1. The van der Waals surface area contributed by atoms with Crippen LogP contribution in [0, 0.1) is 0 Å². The van der Waals surface area contributed by atoms with Crippen LogP contribution in [0.4, 0.5) is 0 Å². The van der Waals surface area contributed by atoms with Gasteiger partial charge in [0, 0.05) is 83.4 Å². The van der Waals surface area contributed by atoms with Crippen molar-refractivity contribution >= 4 is 90.7 Å². The molecule has 0 amide bonds. The molecule has 8 heteroatoms. The Labute approximate surface area is 518 Å². The van der Waals surface area contributed by atoms with Crippen LogP contribution >= 0.6 is 90.7 Å². The van der Waals surface area contributed by atoms with E-state index in [1.165, 1.54) is 254 Å². The minimum atomic E-state index is -0.00453. The average Bonchev–Trinajstić information content (AvgIpc) is 4.50. The van der Waals surface area contributed by atoms with Gasteiger partial charge in [-0.3, -0.25) is 0 Å². The first-order valence-electron chi connectivity index (χ1n) is 31.0. The molecule has 10 aromatic rings. The second-order valence-corrected chi connectivity index (χ2v) is 31.6. The number of unbranched alkanes of at least 4 members (excludes halogenated alkanes) is 16. The molecule has 0 fully saturated rings. The first kappa shape index (κ1) is 58.8. The van der Waals surface area contributed by atoms with Crippen molar-refractivity contribution in [1.29, 1.82) is 0 Å². The summed E-state index contributed by atoms with van der Waals surface area (Å²) < 4.78 is 0. The van der Waals surface area contributed by atoms with Crippen LogP contribution in [0.5, 0.6) is 0 Å². The van der Waals surface area contributed by atoms with E-state index in [9.17, 15) is 0 Å². The summed E-state index contributed by atoms with van der Waals surface area (Å²) in [5, 5.41) is 0. The zero-order valence-electron chi connectivity index (χ0n) is 48.4. The quantitative estimate of drug-likeness (QED) is 0.0369. The zero-order valence-corrected chi connectivity index (χ0v) is 55.0. The van der Waals surface area contributed by atoms with Gasteiger partial charge in [0.2, 0.25) is 0 Å². The number of rotatable bonds is 32. The Morgan fingerprint density at radius 3 is 0.840 bits per heavy atom. The maximum Gasteiger partial charge on any atom is 0.0449 e. The van der Waals surface area contributed by atoms with Gasteiger partial charge in [-0.05, 0) is 181 Å². The third kappa shape index (κ3) is 14.1. The topological polar surface area (TPSA) is 0 Å². The summed E-state index contributed by atoms with van der Waals surface area (Å²) >= 11 is 15.7. The van der Waals surface area contributed by atoms with E-state index < -0.39 is 0 Å². The number of hydrogen-bond donors (Lipinski definition) is 0. The number of fused-ring (bicyclic) bond motifs is 3. The largest absolute Gasteiger partial charge is 0.139 e. The van der Waals surface area contributed by atoms with Gasteiger partial charge in [0.25, 0.3) is 0 Å². The summed E-state index contributed by atoms with van der Waals surface area (Å²) in [5.41, 5.74) is 8.85. The molecule has 1 aliphatic rings. The van der Waals surface area contributed by atoms with Crippen molar-refractivity contribution in [3.63, 3.8) is 0 Å². The molecule has 0 unspecified atom stereocenters. The Morgan fingerprint density at radius 2 is 0.506 bits per heavy atom. The van der Waals surface area contributed by atoms with Crippen LogP contribution in [0.3, 0.4) is 0 Å². The lowest BCUT2D eigenvalue weighted by molar-refractivity contribution is 0.398. The second kappa shape index (κ2) is 28.7. The summed E-state index contributed by atoms with van der Waals surface area (Å²) in [4.78, 5) is 22.4. The molecule has 11 rings (SSSR count). The molecule has 0 saturated carbocycles. The second-order valence-electron chi connectivity index (χ2n) is 22.8. The van der Waals surface area contributed by atoms with Gasteiger partial charge in [0.05, 0.1) is 0 Å². The lowest BCUT2D eigenvalue weighted by Crippen LogP contribution is -2.25. The van der Waals surface area contributed by atoms with Crippen LogP contribution < -0.4 is 0 Å². The summed E-state index contributed by atoms with van der Waals surface area (Å²) in [6.45, 7) is 9.27. The third-order valence-corrected chi connectivity index (χ3v) is 26.9. The molecule has 0 radical (unpaired) electrons. The normalized spacial score (nSPS) is 12.7. The van der Waals surface area contributed by atoms with Crippen molar-refractivity contribution in [3.8, 4) is 90.5 Å². The van der Waals surface area contributed by atoms with E-state index in [2.05, 4.69) is 161 Å². The number of aryl methyl sites for hydroxylation is 2. The van der Waals surface area contributed by atoms with Crippen molar-refractivity contribution in [2.75, 3.05) is 0 Å². The Hall–Kier alpha value is -3.96. The minimum absolute atomic E-state index is 0.00453. The lowest BCUT2D eigenvalue weighted by Gasteiger charge is -2.33. The molecule has 0 aliphatic heterocycles. The smallest absolute Gasteiger partial charge is 0.0449 e. The van der Waals surface area contributed by atoms with Gasteiger partial charge >= 0.3 is 0 Å². The van der Waals surface area contributed by atoms with Crippen molar-refractivity contribution in [2.24, 2.45) is 0 Å². The maximum absolute atomic E-state index is 2.66. The fourth-order valence-corrected chi connectivity index (χ4v) is 21.0. The standard InChI is InChI=1S/C73H82S8/c1-5-9-13-17-19-23-47-73(48-24-20-18-14-10-6-2)57-49-51(59-35-37-65(76-59)67-43-45-71(80-67)69-41-39-63(78-69)61-33-29-53(74-61)25-21-15-11-7-3)27-31-55(57)56-32-28-52(50-58(56)73)60-36-38-66(77-60)68-44-46-72(81-68)70-42-40-64(79-70)62-34-30-54(75-62)26-22-16-12-8-4/h27-46,49-50H,5-26,47-48H2,1-4H3. The van der Waals surface area contributed by atoms with Gasteiger partial charge in [-0.1, -0.05) is 168 Å². The van der Waals surface area contributed by atoms with Crippen molar-refractivity contribution < 1.29 is 0 Å². The Kier molecular flexibility index (Phi) is 20.9. The Bertz CT molecular complexity index is 3310. The maximum atomic E-state index is 2.66. The van der Waals surface area contributed by atoms with Crippen LogP contribution in [0.15, 0.2) is 133 Å². The molecule has 81 heavy (non-hydrogen) atoms. The molecule has 0 bridgehead atoms. The van der Waals surface area contributed by atoms with Gasteiger partial charge in [-0.15, -0.1) is 90.7 Å². The molecule has 2 aromatic carbocycles. The van der Waals surface area contributed by atoms with E-state index in [-0.39, 0.29) is 5.41 Å². The first-order chi connectivity index (χ1) is 39.9. The van der Waals surface area contributed by atoms with Gasteiger partial charge in [-0.25, -0.2) is 0 Å². The first-order valence-corrected chi connectivity index (χ1v) is 37.6. The average molecular weight is 1220 g/mol. The van der Waals surface area contributed by atoms with Gasteiger partial charge in [-0.2, -0.15) is 0 Å². The Morgan fingerprint density at radius 1 is 0.247 bits per heavy atom. The number of benzene rings is 2. The predicted molar refractivity (Wildman–Crippen MR) is 371 cm³/mol. The molecule has 0 saturated heterocycles. The SMILES string of the molecule is CCCCCCCCC1(CCCCCCCC)c2cc(-c3ccc(-c4ccc(-c5ccc(-c6ccc(CCCCCC)s6)s5)s4)s3)ccc2-c2ccc(-c3ccc(-c4ccc(-c5ccc(-c6ccc(CCCCCC)s6)s5)s4)s3)cc21. The minimum Gasteiger partial charge on any atom is -0.139 e. The van der Waals surface area contributed by atoms with Crippen molar-refractivity contribution in [1.82, 2.24) is 0 Å². The highest BCUT2D eigenvalue weighted by molar-refractivity contribution is 7.30. The summed E-state index contributed by atoms with van der Waals surface area (Å²) in [5.74, 6) is 0. The van der Waals surface area contributed by atoms with E-state index in [4.69, 9.17) is 0 Å². The lowest BCUT2D eigenvalue weighted by atomic mass is 9.70. The molecule has 0 N–H and O–H groups in total. The van der Waals surface area contributed by atoms with E-state index in [0.29, 0.717) is 0 Å². The van der Waals surface area contributed by atoms with Crippen LogP contribution in [0.25, 0.3) is 90.5 Å². The van der Waals surface area contributed by atoms with Gasteiger partial charge < -0.3 is 0 Å². The molecule has 1 aliphatic carbocycles. The molecule has 0 nitrogen and oxygen atoms in total.